The van der Waals surface area contributed by atoms with Crippen LogP contribution >= 0.6 is 0 Å². The van der Waals surface area contributed by atoms with Crippen LogP contribution in [-0.4, -0.2) is 54.1 Å². The lowest BCUT2D eigenvalue weighted by atomic mass is 10.2. The summed E-state index contributed by atoms with van der Waals surface area (Å²) in [7, 11) is 1.68. The molecule has 1 saturated heterocycles. The molecule has 1 unspecified atom stereocenters. The summed E-state index contributed by atoms with van der Waals surface area (Å²) < 4.78 is 5.29. The summed E-state index contributed by atoms with van der Waals surface area (Å²) in [4.78, 5) is 9.16. The summed E-state index contributed by atoms with van der Waals surface area (Å²) in [6.07, 6.45) is 0. The Hall–Kier alpha value is -1.64. The highest BCUT2D eigenvalue weighted by molar-refractivity contribution is 5.26. The van der Waals surface area contributed by atoms with Crippen molar-refractivity contribution in [2.45, 2.75) is 26.4 Å². The van der Waals surface area contributed by atoms with Crippen LogP contribution in [0.4, 0.5) is 0 Å². The van der Waals surface area contributed by atoms with Crippen molar-refractivity contribution in [1.29, 1.82) is 5.26 Å². The Morgan fingerprint density at radius 3 is 2.65 bits per heavy atom. The molecule has 0 amide bonds. The predicted molar refractivity (Wildman–Crippen MR) is 77.5 cm³/mol. The Bertz CT molecular complexity index is 489. The minimum absolute atomic E-state index is 0.00865. The number of methoxy groups -OCH3 is 1. The van der Waals surface area contributed by atoms with Crippen molar-refractivity contribution in [2.24, 2.45) is 0 Å². The summed E-state index contributed by atoms with van der Waals surface area (Å²) in [5.74, 6) is 0.865. The molecular weight excluding hydrogens is 252 g/mol. The molecule has 1 aliphatic rings. The largest absolute Gasteiger partial charge is 0.497 e. The molecule has 0 radical (unpaired) electrons. The van der Waals surface area contributed by atoms with E-state index in [1.165, 1.54) is 0 Å². The first-order valence-electron chi connectivity index (χ1n) is 7.00. The topological polar surface area (TPSA) is 52.4 Å². The summed E-state index contributed by atoms with van der Waals surface area (Å²) in [5, 5.41) is 8.95. The van der Waals surface area contributed by atoms with Crippen LogP contribution in [0.1, 0.15) is 18.3 Å². The number of pyridine rings is 1. The highest BCUT2D eigenvalue weighted by atomic mass is 16.5. The van der Waals surface area contributed by atoms with E-state index in [9.17, 15) is 0 Å². The highest BCUT2D eigenvalue weighted by Gasteiger charge is 2.21. The van der Waals surface area contributed by atoms with E-state index in [4.69, 9.17) is 10.00 Å². The highest BCUT2D eigenvalue weighted by Crippen LogP contribution is 2.16. The van der Waals surface area contributed by atoms with Crippen molar-refractivity contribution in [1.82, 2.24) is 14.8 Å². The van der Waals surface area contributed by atoms with Crippen LogP contribution in [0, 0.1) is 18.3 Å². The van der Waals surface area contributed by atoms with Crippen LogP contribution < -0.4 is 4.74 Å². The number of piperazine rings is 1. The second-order valence-electron chi connectivity index (χ2n) is 5.26. The number of rotatable bonds is 4. The van der Waals surface area contributed by atoms with Crippen molar-refractivity contribution >= 4 is 0 Å². The molecule has 0 bridgehead atoms. The van der Waals surface area contributed by atoms with Crippen LogP contribution in [0.3, 0.4) is 0 Å². The molecule has 0 saturated carbocycles. The van der Waals surface area contributed by atoms with Crippen molar-refractivity contribution in [3.8, 4) is 11.8 Å². The molecule has 0 aliphatic carbocycles. The standard InChI is InChI=1S/C15H22N4O/c1-12-8-15(20-3)9-14(17-12)11-18-4-6-19(7-5-18)13(2)10-16/h8-9,13H,4-7,11H2,1-3H3. The average molecular weight is 274 g/mol. The summed E-state index contributed by atoms with van der Waals surface area (Å²) in [6.45, 7) is 8.62. The van der Waals surface area contributed by atoms with E-state index in [0.29, 0.717) is 0 Å². The SMILES string of the molecule is COc1cc(C)nc(CN2CCN(C(C)C#N)CC2)c1. The molecule has 2 heterocycles. The van der Waals surface area contributed by atoms with Gasteiger partial charge in [0.2, 0.25) is 0 Å². The fraction of sp³-hybridized carbons (Fsp3) is 0.600. The number of hydrogen-bond donors (Lipinski definition) is 0. The van der Waals surface area contributed by atoms with Crippen LogP contribution in [0.15, 0.2) is 12.1 Å². The van der Waals surface area contributed by atoms with Gasteiger partial charge in [0.05, 0.1) is 24.9 Å². The number of aromatic nitrogens is 1. The van der Waals surface area contributed by atoms with E-state index in [-0.39, 0.29) is 6.04 Å². The van der Waals surface area contributed by atoms with E-state index in [0.717, 1.165) is 49.9 Å². The normalized spacial score (nSPS) is 18.5. The summed E-state index contributed by atoms with van der Waals surface area (Å²) in [5.41, 5.74) is 2.03. The zero-order chi connectivity index (χ0) is 14.5. The molecule has 1 aromatic rings. The van der Waals surface area contributed by atoms with Crippen LogP contribution in [0.5, 0.6) is 5.75 Å². The molecule has 0 spiro atoms. The molecule has 20 heavy (non-hydrogen) atoms. The molecule has 5 nitrogen and oxygen atoms in total. The molecule has 1 fully saturated rings. The fourth-order valence-corrected chi connectivity index (χ4v) is 2.52. The molecule has 0 aromatic carbocycles. The van der Waals surface area contributed by atoms with Gasteiger partial charge < -0.3 is 4.74 Å². The molecule has 1 aliphatic heterocycles. The Balaban J connectivity index is 1.93. The van der Waals surface area contributed by atoms with Gasteiger partial charge in [-0.2, -0.15) is 5.26 Å². The number of ether oxygens (including phenoxy) is 1. The lowest BCUT2D eigenvalue weighted by Gasteiger charge is -2.35. The molecule has 1 aromatic heterocycles. The Morgan fingerprint density at radius 2 is 2.05 bits per heavy atom. The van der Waals surface area contributed by atoms with Gasteiger partial charge in [-0.05, 0) is 13.8 Å². The minimum Gasteiger partial charge on any atom is -0.497 e. The van der Waals surface area contributed by atoms with Crippen molar-refractivity contribution in [3.63, 3.8) is 0 Å². The van der Waals surface area contributed by atoms with E-state index >= 15 is 0 Å². The number of hydrogen-bond acceptors (Lipinski definition) is 5. The minimum atomic E-state index is 0.00865. The fourth-order valence-electron chi connectivity index (χ4n) is 2.52. The summed E-state index contributed by atoms with van der Waals surface area (Å²) >= 11 is 0. The maximum atomic E-state index is 8.95. The number of nitrogens with zero attached hydrogens (tertiary/aromatic N) is 4. The average Bonchev–Trinajstić information content (AvgIpc) is 2.46. The van der Waals surface area contributed by atoms with Crippen LogP contribution in [-0.2, 0) is 6.54 Å². The molecule has 5 heteroatoms. The number of aryl methyl sites for hydroxylation is 1. The van der Waals surface area contributed by atoms with Crippen LogP contribution in [0.25, 0.3) is 0 Å². The smallest absolute Gasteiger partial charge is 0.122 e. The molecule has 108 valence electrons. The van der Waals surface area contributed by atoms with Gasteiger partial charge in [-0.15, -0.1) is 0 Å². The first-order valence-corrected chi connectivity index (χ1v) is 7.00. The third-order valence-electron chi connectivity index (χ3n) is 3.74. The lowest BCUT2D eigenvalue weighted by molar-refractivity contribution is 0.113. The van der Waals surface area contributed by atoms with Gasteiger partial charge in [-0.1, -0.05) is 0 Å². The molecule has 2 rings (SSSR count). The quantitative estimate of drug-likeness (QED) is 0.831. The number of nitriles is 1. The first-order chi connectivity index (χ1) is 9.62. The van der Waals surface area contributed by atoms with Gasteiger partial charge in [0.25, 0.3) is 0 Å². The van der Waals surface area contributed by atoms with Gasteiger partial charge >= 0.3 is 0 Å². The van der Waals surface area contributed by atoms with E-state index in [1.54, 1.807) is 7.11 Å². The second kappa shape index (κ2) is 6.69. The Kier molecular flexibility index (Phi) is 4.94. The van der Waals surface area contributed by atoms with Crippen molar-refractivity contribution in [2.75, 3.05) is 33.3 Å². The zero-order valence-electron chi connectivity index (χ0n) is 12.5. The maximum absolute atomic E-state index is 8.95. The summed E-state index contributed by atoms with van der Waals surface area (Å²) in [6, 6.07) is 6.25. The van der Waals surface area contributed by atoms with Crippen molar-refractivity contribution < 1.29 is 4.74 Å². The first kappa shape index (κ1) is 14.8. The van der Waals surface area contributed by atoms with Gasteiger partial charge in [-0.25, -0.2) is 0 Å². The van der Waals surface area contributed by atoms with Crippen LogP contribution in [0.2, 0.25) is 0 Å². The Labute approximate surface area is 120 Å². The van der Waals surface area contributed by atoms with Gasteiger partial charge in [-0.3, -0.25) is 14.8 Å². The lowest BCUT2D eigenvalue weighted by Crippen LogP contribution is -2.48. The molecule has 0 N–H and O–H groups in total. The maximum Gasteiger partial charge on any atom is 0.122 e. The van der Waals surface area contributed by atoms with E-state index in [1.807, 2.05) is 26.0 Å². The van der Waals surface area contributed by atoms with Gasteiger partial charge in [0.1, 0.15) is 5.75 Å². The Morgan fingerprint density at radius 1 is 1.35 bits per heavy atom. The van der Waals surface area contributed by atoms with Crippen molar-refractivity contribution in [3.05, 3.63) is 23.5 Å². The second-order valence-corrected chi connectivity index (χ2v) is 5.26. The molecular formula is C15H22N4O. The third-order valence-corrected chi connectivity index (χ3v) is 3.74. The van der Waals surface area contributed by atoms with E-state index in [2.05, 4.69) is 20.9 Å². The zero-order valence-corrected chi connectivity index (χ0v) is 12.5. The molecule has 1 atom stereocenters. The monoisotopic (exact) mass is 274 g/mol. The van der Waals surface area contributed by atoms with Gasteiger partial charge in [0.15, 0.2) is 0 Å². The van der Waals surface area contributed by atoms with Gasteiger partial charge in [0, 0.05) is 50.6 Å². The third kappa shape index (κ3) is 3.69. The van der Waals surface area contributed by atoms with E-state index < -0.39 is 0 Å². The predicted octanol–water partition coefficient (Wildman–Crippen LogP) is 1.43.